The number of methoxy groups -OCH3 is 5. The number of hydrogen-bond donors (Lipinski definition) is 8. The van der Waals surface area contributed by atoms with Gasteiger partial charge in [-0.3, -0.25) is 14.9 Å². The first-order valence-electron chi connectivity index (χ1n) is 41.3. The number of fused-ring (bicyclic) bond motifs is 1. The topological polar surface area (TPSA) is 562 Å². The molecule has 0 amide bonds. The Morgan fingerprint density at radius 2 is 0.859 bits per heavy atom. The fraction of sp³-hybridized carbons (Fsp3) is 0.352. The van der Waals surface area contributed by atoms with Crippen LogP contribution < -0.4 is 61.1 Å². The number of halogens is 13. The number of nitrogen functional groups attached to an aromatic ring is 6. The molecule has 6 aromatic carbocycles. The average Bonchev–Trinajstić information content (AvgIpc) is 1.60. The van der Waals surface area contributed by atoms with Gasteiger partial charge in [0.1, 0.15) is 102 Å². The monoisotopic (exact) mass is 2420 g/mol. The number of ether oxygens (including phenoxy) is 5. The number of aryl methyl sites for hydroxylation is 10. The Hall–Kier alpha value is -11.3. The number of benzene rings is 6. The van der Waals surface area contributed by atoms with Crippen LogP contribution in [0.3, 0.4) is 0 Å². The molecule has 2 aliphatic carbocycles. The second-order valence-electron chi connectivity index (χ2n) is 31.4. The molecule has 3 aliphatic rings. The molecule has 6 aromatic heterocycles. The standard InChI is InChI=1S/C17H16FN3O3.C13H12FN3O5.C13H14FN3O3.C13H13FN2O3.C11H18BNO3.C8H7BrFNO2.C7H5BrFNO2.C4H5ClO.C4H10I.CH4.3ClH.Sn/c1-7-12(8(2)24-21-7)10-6-11-15(13(14(10)18)17(22)23-3)20-16(19-11)9-4-5-9;1-5-9(6(2)22-16-5)7-4-8(17(19)20)12(15)10(11(7)14)13(18)21-3;1-5-9(6(2)20-17-5)7-4-8(15)12(16)10(11(7)14)13(18)19-3;1-6-10(7(2)19-16-6)8-4-5-9(15)11(12(8)14)13(17)18-3;1-7-9(8(2)14-13-7)12-15-10(3,4)11(5,6)16-12;1-13-8(12)6-5(11)3-2-4(9)7(6)10;8-3-1-2-4(10)5(6(3)9)7(11)12;5-4(6)3-1-2-3;1-3-4-5-2;;;;;/h6,9H,4-5H2,1-3H3,(H,19,20);4H,15H2,1-3H3;4H,15-16H2,1-3H3;4-5H,15H2,1-3H3;1-6H3;2-3H,11H2,1H3;1-2H,10H2,(H,11,12);3H,1-2H2;3-4H2,1-2H3;1H4;3*1H;/q;;;;;;;;-1;;;;;+2/p-2. The first kappa shape index (κ1) is 123. The summed E-state index contributed by atoms with van der Waals surface area (Å²) < 4.78 is 147. The van der Waals surface area contributed by atoms with Crippen molar-refractivity contribution in [3.63, 3.8) is 0 Å². The Kier molecular flexibility index (Phi) is 47.2. The molecular formula is C91H105BBr2Cl4F6IN14O22Sn-. The molecule has 1 aliphatic heterocycles. The molecule has 36 nitrogen and oxygen atoms in total. The Morgan fingerprint density at radius 1 is 0.521 bits per heavy atom. The Labute approximate surface area is 867 Å². The molecule has 14 N–H and O–H groups in total. The Bertz CT molecular complexity index is 6470. The molecule has 0 bridgehead atoms. The summed E-state index contributed by atoms with van der Waals surface area (Å²) >= 11 is 10.6. The number of anilines is 6. The van der Waals surface area contributed by atoms with Gasteiger partial charge in [0.2, 0.25) is 5.24 Å². The van der Waals surface area contributed by atoms with E-state index in [1.54, 1.807) is 54.5 Å². The number of hydrogen-bond acceptors (Lipinski definition) is 33. The van der Waals surface area contributed by atoms with Crippen LogP contribution in [0.4, 0.5) is 66.2 Å². The van der Waals surface area contributed by atoms with Crippen molar-refractivity contribution in [2.45, 2.75) is 161 Å². The number of nitro groups is 1. The second-order valence-corrected chi connectivity index (χ2v) is 40.3. The van der Waals surface area contributed by atoms with Crippen LogP contribution >= 0.6 is 73.7 Å². The molecule has 770 valence electrons. The van der Waals surface area contributed by atoms with E-state index in [0.29, 0.717) is 94.9 Å². The molecule has 0 atom stereocenters. The van der Waals surface area contributed by atoms with E-state index < -0.39 is 117 Å². The number of H-pyrrole nitrogens is 1. The van der Waals surface area contributed by atoms with Gasteiger partial charge in [-0.1, -0.05) is 33.2 Å². The van der Waals surface area contributed by atoms with Gasteiger partial charge >= 0.3 is 124 Å². The van der Waals surface area contributed by atoms with Gasteiger partial charge in [-0.25, -0.2) is 60.1 Å². The van der Waals surface area contributed by atoms with E-state index >= 15 is 4.39 Å². The number of imidazole rings is 1. The van der Waals surface area contributed by atoms with Crippen molar-refractivity contribution in [2.24, 2.45) is 5.92 Å². The summed E-state index contributed by atoms with van der Waals surface area (Å²) in [5, 5.41) is 38.4. The number of carboxylic acids is 1. The molecule has 12 aromatic rings. The van der Waals surface area contributed by atoms with E-state index in [4.69, 9.17) is 106 Å². The van der Waals surface area contributed by atoms with Crippen molar-refractivity contribution in [1.82, 2.24) is 35.8 Å². The molecule has 3 fully saturated rings. The Morgan fingerprint density at radius 3 is 1.19 bits per heavy atom. The van der Waals surface area contributed by atoms with Crippen LogP contribution in [-0.4, -0.2) is 169 Å². The van der Waals surface area contributed by atoms with Crippen LogP contribution in [0.25, 0.3) is 55.5 Å². The van der Waals surface area contributed by atoms with E-state index in [-0.39, 0.29) is 143 Å². The first-order chi connectivity index (χ1) is 65.6. The van der Waals surface area contributed by atoms with E-state index in [2.05, 4.69) is 98.4 Å². The molecule has 2 saturated carbocycles. The number of nitro benzene ring substituents is 1. The van der Waals surface area contributed by atoms with E-state index in [9.17, 15) is 65.6 Å². The molecule has 7 heterocycles. The van der Waals surface area contributed by atoms with Gasteiger partial charge in [0.25, 0.3) is 5.69 Å². The Balaban J connectivity index is 0.000000340. The molecule has 1 saturated heterocycles. The van der Waals surface area contributed by atoms with Gasteiger partial charge < -0.3 is 100 Å². The van der Waals surface area contributed by atoms with Gasteiger partial charge in [-0.2, -0.15) is 0 Å². The van der Waals surface area contributed by atoms with Crippen molar-refractivity contribution < 1.29 is 147 Å². The molecule has 15 rings (SSSR count). The van der Waals surface area contributed by atoms with Gasteiger partial charge in [0.05, 0.1) is 128 Å². The number of aromatic carboxylic acids is 1. The molecular weight excluding hydrogens is 2310 g/mol. The summed E-state index contributed by atoms with van der Waals surface area (Å²) in [7, 11) is 15.2. The minimum atomic E-state index is -1.37. The third kappa shape index (κ3) is 29.7. The van der Waals surface area contributed by atoms with E-state index in [0.717, 1.165) is 68.7 Å². The second kappa shape index (κ2) is 54.4. The van der Waals surface area contributed by atoms with Crippen LogP contribution in [0.5, 0.6) is 0 Å². The van der Waals surface area contributed by atoms with Crippen molar-refractivity contribution in [3.8, 4) is 44.5 Å². The number of nitrogens with zero attached hydrogens (tertiary/aromatic N) is 7. The van der Waals surface area contributed by atoms with Crippen molar-refractivity contribution in [3.05, 3.63) is 205 Å². The maximum atomic E-state index is 15.2. The van der Waals surface area contributed by atoms with Crippen molar-refractivity contribution >= 4 is 197 Å². The summed E-state index contributed by atoms with van der Waals surface area (Å²) in [5.41, 5.74) is 35.7. The zero-order chi connectivity index (χ0) is 106. The SMILES string of the molecule is C.CCC[I-]C.COC(=O)c1c(F)c(-c2c(C)noc2C)cc2[nH]c(C3CC3)nc12.COC(=O)c1c(N)c(N)cc(-c2c(C)noc2C)c1F.COC(=O)c1c(N)c([N+](=O)[O-])cc(-c2c(C)noc2C)c1F.COC(=O)c1c(N)ccc(-c2c(C)noc2C)c1F.COC(=O)c1c(N)ccc(Br)c1F.Cc1noc(C)c1B1OC(C)(C)C(C)(C)O1.Cl.Nc1ccc(Br)c(F)c1C(=O)O.O=C(Cl)C1CC1.[Cl][Sn][Cl]. The fourth-order valence-corrected chi connectivity index (χ4v) is 15.1. The summed E-state index contributed by atoms with van der Waals surface area (Å²) in [6, 6.07) is 12.4. The molecule has 0 spiro atoms. The number of carbonyl (C=O) groups excluding carboxylic acids is 6. The normalized spacial score (nSPS) is 12.6. The van der Waals surface area contributed by atoms with Gasteiger partial charge in [0.15, 0.2) is 11.6 Å². The minimum absolute atomic E-state index is 0. The molecule has 51 heteroatoms. The predicted octanol–water partition coefficient (Wildman–Crippen LogP) is 17.3. The molecule has 142 heavy (non-hydrogen) atoms. The van der Waals surface area contributed by atoms with Crippen molar-refractivity contribution in [2.75, 3.05) is 79.3 Å². The number of aromatic amines is 1. The third-order valence-corrected chi connectivity index (χ3v) is 24.9. The number of aromatic nitrogens is 7. The van der Waals surface area contributed by atoms with Crippen LogP contribution in [0.15, 0.2) is 86.2 Å². The predicted molar refractivity (Wildman–Crippen MR) is 530 cm³/mol. The van der Waals surface area contributed by atoms with Gasteiger partial charge in [-0.05, 0) is 215 Å². The van der Waals surface area contributed by atoms with Crippen LogP contribution in [0.2, 0.25) is 0 Å². The zero-order valence-corrected chi connectivity index (χ0v) is 91.0. The van der Waals surface area contributed by atoms with Gasteiger partial charge in [-0.15, -0.1) is 12.4 Å². The quantitative estimate of drug-likeness (QED) is 0.00425. The van der Waals surface area contributed by atoms with E-state index in [1.165, 1.54) is 81.6 Å². The van der Waals surface area contributed by atoms with E-state index in [1.807, 2.05) is 41.5 Å². The number of alkyl halides is 2. The number of nitrogens with one attached hydrogen (secondary N) is 1. The maximum absolute atomic E-state index is 15.2. The first-order valence-corrected chi connectivity index (χ1v) is 54.2. The average molecular weight is 2420 g/mol. The zero-order valence-electron chi connectivity index (χ0n) is 79.7. The summed E-state index contributed by atoms with van der Waals surface area (Å²) in [6.07, 6.45) is 5.52. The number of nitrogens with two attached hydrogens (primary N) is 6. The summed E-state index contributed by atoms with van der Waals surface area (Å²) in [5.74, 6) is -6.73. The molecule has 0 unspecified atom stereocenters. The summed E-state index contributed by atoms with van der Waals surface area (Å²) in [4.78, 5) is 98.9. The van der Waals surface area contributed by atoms with Crippen LogP contribution in [-0.2, 0) is 37.8 Å². The van der Waals surface area contributed by atoms with Crippen LogP contribution in [0.1, 0.15) is 205 Å². The fourth-order valence-electron chi connectivity index (χ4n) is 13.1. The third-order valence-electron chi connectivity index (χ3n) is 21.2. The van der Waals surface area contributed by atoms with Gasteiger partial charge in [0, 0.05) is 62.7 Å². The number of carbonyl (C=O) groups is 7. The van der Waals surface area contributed by atoms with Crippen LogP contribution in [0, 0.1) is 120 Å². The van der Waals surface area contributed by atoms with Crippen molar-refractivity contribution in [1.29, 1.82) is 0 Å². The molecule has 2 radical (unpaired) electrons. The number of esters is 5. The number of rotatable bonds is 16. The summed E-state index contributed by atoms with van der Waals surface area (Å²) in [6.45, 7) is 27.3. The number of carboxylic acid groups (broad SMARTS) is 1.